The third-order valence-electron chi connectivity index (χ3n) is 4.24. The Labute approximate surface area is 152 Å². The van der Waals surface area contributed by atoms with Crippen molar-refractivity contribution in [3.63, 3.8) is 0 Å². The number of anilines is 1. The maximum atomic E-state index is 12.4. The van der Waals surface area contributed by atoms with E-state index in [1.54, 1.807) is 55.6 Å². The number of methoxy groups -OCH3 is 1. The van der Waals surface area contributed by atoms with Gasteiger partial charge in [0.1, 0.15) is 11.5 Å². The second-order valence-electron chi connectivity index (χ2n) is 6.09. The van der Waals surface area contributed by atoms with Crippen molar-refractivity contribution in [2.75, 3.05) is 32.1 Å². The fourth-order valence-electron chi connectivity index (χ4n) is 2.83. The molecular formula is C20H22N2O4. The Balaban J connectivity index is 1.59. The largest absolute Gasteiger partial charge is 0.497 e. The van der Waals surface area contributed by atoms with Gasteiger partial charge in [0.25, 0.3) is 11.8 Å². The van der Waals surface area contributed by atoms with Crippen LogP contribution in [0.2, 0.25) is 0 Å². The highest BCUT2D eigenvalue weighted by Gasteiger charge is 2.18. The average Bonchev–Trinajstić information content (AvgIpc) is 3.21. The lowest BCUT2D eigenvalue weighted by Gasteiger charge is -2.15. The zero-order valence-electron chi connectivity index (χ0n) is 14.7. The number of carbonyl (C=O) groups is 2. The molecule has 0 unspecified atom stereocenters. The quantitative estimate of drug-likeness (QED) is 0.866. The molecule has 0 aliphatic carbocycles. The molecule has 0 radical (unpaired) electrons. The summed E-state index contributed by atoms with van der Waals surface area (Å²) in [4.78, 5) is 26.2. The summed E-state index contributed by atoms with van der Waals surface area (Å²) in [6.07, 6.45) is 2.11. The number of nitrogens with zero attached hydrogens (tertiary/aromatic N) is 1. The van der Waals surface area contributed by atoms with Crippen LogP contribution in [0.15, 0.2) is 48.5 Å². The molecule has 0 atom stereocenters. The van der Waals surface area contributed by atoms with Crippen molar-refractivity contribution in [3.8, 4) is 11.5 Å². The van der Waals surface area contributed by atoms with Gasteiger partial charge in [-0.2, -0.15) is 0 Å². The van der Waals surface area contributed by atoms with E-state index in [2.05, 4.69) is 5.32 Å². The number of hydrogen-bond donors (Lipinski definition) is 1. The van der Waals surface area contributed by atoms with E-state index >= 15 is 0 Å². The van der Waals surface area contributed by atoms with Crippen LogP contribution in [0.1, 0.15) is 23.2 Å². The predicted molar refractivity (Wildman–Crippen MR) is 98.7 cm³/mol. The van der Waals surface area contributed by atoms with E-state index in [9.17, 15) is 9.59 Å². The summed E-state index contributed by atoms with van der Waals surface area (Å²) < 4.78 is 10.7. The van der Waals surface area contributed by atoms with Crippen molar-refractivity contribution < 1.29 is 19.1 Å². The number of hydrogen-bond acceptors (Lipinski definition) is 4. The molecule has 6 nitrogen and oxygen atoms in total. The Bertz CT molecular complexity index is 785. The van der Waals surface area contributed by atoms with Gasteiger partial charge in [0.05, 0.1) is 7.11 Å². The van der Waals surface area contributed by atoms with Crippen LogP contribution in [0.5, 0.6) is 11.5 Å². The average molecular weight is 354 g/mol. The second kappa shape index (κ2) is 8.38. The maximum absolute atomic E-state index is 12.4. The first-order chi connectivity index (χ1) is 12.7. The van der Waals surface area contributed by atoms with Gasteiger partial charge >= 0.3 is 0 Å². The number of carbonyl (C=O) groups excluding carboxylic acids is 2. The van der Waals surface area contributed by atoms with Crippen molar-refractivity contribution in [2.45, 2.75) is 12.8 Å². The summed E-state index contributed by atoms with van der Waals surface area (Å²) in [7, 11) is 1.56. The Morgan fingerprint density at radius 3 is 2.54 bits per heavy atom. The lowest BCUT2D eigenvalue weighted by molar-refractivity contribution is -0.132. The van der Waals surface area contributed by atoms with Gasteiger partial charge in [0.15, 0.2) is 6.61 Å². The van der Waals surface area contributed by atoms with Crippen LogP contribution in [-0.4, -0.2) is 43.5 Å². The van der Waals surface area contributed by atoms with Gasteiger partial charge in [-0.15, -0.1) is 0 Å². The number of nitrogens with one attached hydrogen (secondary N) is 1. The standard InChI is InChI=1S/C20H22N2O4/c1-25-17-8-4-6-15(12-17)20(24)21-16-7-5-9-18(13-16)26-14-19(23)22-10-2-3-11-22/h4-9,12-13H,2-3,10-11,14H2,1H3,(H,21,24). The molecule has 0 bridgehead atoms. The first-order valence-corrected chi connectivity index (χ1v) is 8.62. The number of rotatable bonds is 6. The topological polar surface area (TPSA) is 67.9 Å². The van der Waals surface area contributed by atoms with Gasteiger partial charge in [0, 0.05) is 30.4 Å². The Morgan fingerprint density at radius 1 is 1.04 bits per heavy atom. The van der Waals surface area contributed by atoms with Crippen LogP contribution in [-0.2, 0) is 4.79 Å². The van der Waals surface area contributed by atoms with E-state index < -0.39 is 0 Å². The fraction of sp³-hybridized carbons (Fsp3) is 0.300. The first kappa shape index (κ1) is 17.8. The number of amides is 2. The van der Waals surface area contributed by atoms with E-state index in [0.717, 1.165) is 25.9 Å². The Hall–Kier alpha value is -3.02. The SMILES string of the molecule is COc1cccc(C(=O)Nc2cccc(OCC(=O)N3CCCC3)c2)c1. The zero-order chi connectivity index (χ0) is 18.4. The molecule has 1 N–H and O–H groups in total. The van der Waals surface area contributed by atoms with Crippen molar-refractivity contribution in [2.24, 2.45) is 0 Å². The molecule has 0 spiro atoms. The summed E-state index contributed by atoms with van der Waals surface area (Å²) in [6.45, 7) is 1.62. The number of benzene rings is 2. The highest BCUT2D eigenvalue weighted by Crippen LogP contribution is 2.20. The second-order valence-corrected chi connectivity index (χ2v) is 6.09. The molecule has 1 aliphatic rings. The van der Waals surface area contributed by atoms with Gasteiger partial charge in [-0.1, -0.05) is 12.1 Å². The predicted octanol–water partition coefficient (Wildman–Crippen LogP) is 2.95. The van der Waals surface area contributed by atoms with Crippen molar-refractivity contribution in [1.82, 2.24) is 4.90 Å². The molecule has 1 heterocycles. The summed E-state index contributed by atoms with van der Waals surface area (Å²) in [5.74, 6) is 0.915. The lowest BCUT2D eigenvalue weighted by atomic mass is 10.2. The molecule has 2 amide bonds. The summed E-state index contributed by atoms with van der Waals surface area (Å²) >= 11 is 0. The number of likely N-dealkylation sites (tertiary alicyclic amines) is 1. The van der Waals surface area contributed by atoms with Crippen molar-refractivity contribution >= 4 is 17.5 Å². The molecule has 0 saturated carbocycles. The maximum Gasteiger partial charge on any atom is 0.260 e. The normalized spacial score (nSPS) is 13.3. The molecule has 3 rings (SSSR count). The minimum atomic E-state index is -0.241. The minimum Gasteiger partial charge on any atom is -0.497 e. The van der Waals surface area contributed by atoms with Gasteiger partial charge in [-0.3, -0.25) is 9.59 Å². The molecular weight excluding hydrogens is 332 g/mol. The first-order valence-electron chi connectivity index (χ1n) is 8.62. The monoisotopic (exact) mass is 354 g/mol. The summed E-state index contributed by atoms with van der Waals surface area (Å²) in [6, 6.07) is 13.9. The van der Waals surface area contributed by atoms with E-state index in [0.29, 0.717) is 22.7 Å². The van der Waals surface area contributed by atoms with Crippen LogP contribution >= 0.6 is 0 Å². The van der Waals surface area contributed by atoms with Crippen LogP contribution in [0, 0.1) is 0 Å². The minimum absolute atomic E-state index is 0.00619. The Morgan fingerprint density at radius 2 is 1.77 bits per heavy atom. The fourth-order valence-corrected chi connectivity index (χ4v) is 2.83. The van der Waals surface area contributed by atoms with Crippen LogP contribution in [0.25, 0.3) is 0 Å². The van der Waals surface area contributed by atoms with Crippen LogP contribution < -0.4 is 14.8 Å². The molecule has 2 aromatic carbocycles. The van der Waals surface area contributed by atoms with E-state index in [-0.39, 0.29) is 18.4 Å². The van der Waals surface area contributed by atoms with Crippen molar-refractivity contribution in [1.29, 1.82) is 0 Å². The van der Waals surface area contributed by atoms with Crippen molar-refractivity contribution in [3.05, 3.63) is 54.1 Å². The molecule has 136 valence electrons. The Kier molecular flexibility index (Phi) is 5.73. The molecule has 2 aromatic rings. The smallest absolute Gasteiger partial charge is 0.260 e. The molecule has 1 aliphatic heterocycles. The van der Waals surface area contributed by atoms with Gasteiger partial charge < -0.3 is 19.7 Å². The molecule has 0 aromatic heterocycles. The summed E-state index contributed by atoms with van der Waals surface area (Å²) in [5, 5.41) is 2.82. The van der Waals surface area contributed by atoms with Gasteiger partial charge in [-0.25, -0.2) is 0 Å². The van der Waals surface area contributed by atoms with Crippen LogP contribution in [0.3, 0.4) is 0 Å². The molecule has 26 heavy (non-hydrogen) atoms. The van der Waals surface area contributed by atoms with E-state index in [1.165, 1.54) is 0 Å². The number of ether oxygens (including phenoxy) is 2. The summed E-state index contributed by atoms with van der Waals surface area (Å²) in [5.41, 5.74) is 1.10. The van der Waals surface area contributed by atoms with Gasteiger partial charge in [-0.05, 0) is 43.2 Å². The molecule has 1 fully saturated rings. The molecule has 6 heteroatoms. The third kappa shape index (κ3) is 4.53. The molecule has 1 saturated heterocycles. The lowest BCUT2D eigenvalue weighted by Crippen LogP contribution is -2.32. The highest BCUT2D eigenvalue weighted by molar-refractivity contribution is 6.04. The zero-order valence-corrected chi connectivity index (χ0v) is 14.7. The van der Waals surface area contributed by atoms with Gasteiger partial charge in [0.2, 0.25) is 0 Å². The third-order valence-corrected chi connectivity index (χ3v) is 4.24. The van der Waals surface area contributed by atoms with Crippen LogP contribution in [0.4, 0.5) is 5.69 Å². The highest BCUT2D eigenvalue weighted by atomic mass is 16.5. The van der Waals surface area contributed by atoms with E-state index in [1.807, 2.05) is 4.90 Å². The van der Waals surface area contributed by atoms with E-state index in [4.69, 9.17) is 9.47 Å².